The highest BCUT2D eigenvalue weighted by atomic mass is 32.1. The monoisotopic (exact) mass is 286 g/mol. The van der Waals surface area contributed by atoms with Crippen LogP contribution < -0.4 is 16.2 Å². The normalized spacial score (nSPS) is 10.0. The number of amides is 1. The van der Waals surface area contributed by atoms with Gasteiger partial charge in [-0.15, -0.1) is 0 Å². The van der Waals surface area contributed by atoms with E-state index in [1.165, 1.54) is 0 Å². The van der Waals surface area contributed by atoms with Crippen LogP contribution in [-0.2, 0) is 6.61 Å². The third kappa shape index (κ3) is 3.33. The predicted octanol–water partition coefficient (Wildman–Crippen LogP) is 2.00. The Bertz CT molecular complexity index is 656. The van der Waals surface area contributed by atoms with E-state index in [1.807, 2.05) is 24.3 Å². The topological polar surface area (TPSA) is 78.3 Å². The molecule has 0 aliphatic heterocycles. The minimum atomic E-state index is -0.516. The van der Waals surface area contributed by atoms with Crippen molar-refractivity contribution in [2.24, 2.45) is 11.5 Å². The van der Waals surface area contributed by atoms with Crippen LogP contribution in [0.1, 0.15) is 21.5 Å². The van der Waals surface area contributed by atoms with Crippen LogP contribution in [0.2, 0.25) is 0 Å². The molecule has 2 aromatic carbocycles. The van der Waals surface area contributed by atoms with E-state index >= 15 is 0 Å². The molecule has 0 atom stereocenters. The van der Waals surface area contributed by atoms with Gasteiger partial charge >= 0.3 is 0 Å². The molecule has 0 aliphatic carbocycles. The molecule has 0 fully saturated rings. The number of hydrogen-bond acceptors (Lipinski definition) is 3. The van der Waals surface area contributed by atoms with Crippen molar-refractivity contribution in [3.8, 4) is 5.75 Å². The molecule has 2 aromatic rings. The molecule has 4 N–H and O–H groups in total. The van der Waals surface area contributed by atoms with Gasteiger partial charge in [0, 0.05) is 5.56 Å². The summed E-state index contributed by atoms with van der Waals surface area (Å²) in [5.41, 5.74) is 12.9. The molecule has 0 saturated heterocycles. The summed E-state index contributed by atoms with van der Waals surface area (Å²) in [7, 11) is 0. The van der Waals surface area contributed by atoms with Crippen molar-refractivity contribution in [2.75, 3.05) is 0 Å². The first-order valence-electron chi connectivity index (χ1n) is 5.98. The number of nitrogens with two attached hydrogens (primary N) is 2. The number of primary amides is 1. The summed E-state index contributed by atoms with van der Waals surface area (Å²) >= 11 is 4.93. The van der Waals surface area contributed by atoms with E-state index in [1.54, 1.807) is 24.3 Å². The van der Waals surface area contributed by atoms with Gasteiger partial charge in [-0.1, -0.05) is 42.5 Å². The molecule has 0 radical (unpaired) electrons. The van der Waals surface area contributed by atoms with Gasteiger partial charge in [-0.3, -0.25) is 4.79 Å². The molecular weight excluding hydrogens is 272 g/mol. The number of rotatable bonds is 5. The second kappa shape index (κ2) is 6.16. The molecule has 102 valence electrons. The molecule has 5 heteroatoms. The van der Waals surface area contributed by atoms with Crippen molar-refractivity contribution in [1.29, 1.82) is 0 Å². The minimum absolute atomic E-state index is 0.306. The third-order valence-electron chi connectivity index (χ3n) is 2.76. The molecule has 0 spiro atoms. The Kier molecular flexibility index (Phi) is 4.32. The molecule has 0 heterocycles. The third-order valence-corrected chi connectivity index (χ3v) is 2.99. The molecule has 0 unspecified atom stereocenters. The first-order chi connectivity index (χ1) is 9.58. The van der Waals surface area contributed by atoms with E-state index in [0.717, 1.165) is 11.1 Å². The minimum Gasteiger partial charge on any atom is -0.488 e. The lowest BCUT2D eigenvalue weighted by Crippen LogP contribution is -2.13. The van der Waals surface area contributed by atoms with Crippen molar-refractivity contribution in [2.45, 2.75) is 6.61 Å². The van der Waals surface area contributed by atoms with Crippen molar-refractivity contribution in [1.82, 2.24) is 0 Å². The zero-order chi connectivity index (χ0) is 14.5. The fourth-order valence-electron chi connectivity index (χ4n) is 1.77. The van der Waals surface area contributed by atoms with Crippen LogP contribution >= 0.6 is 12.2 Å². The van der Waals surface area contributed by atoms with Crippen LogP contribution in [-0.4, -0.2) is 10.9 Å². The number of para-hydroxylation sites is 1. The fraction of sp³-hybridized carbons (Fsp3) is 0.0667. The number of carbonyl (C=O) groups excluding carboxylic acids is 1. The Balaban J connectivity index is 2.15. The maximum atomic E-state index is 11.3. The maximum Gasteiger partial charge on any atom is 0.252 e. The average molecular weight is 286 g/mol. The Morgan fingerprint density at radius 1 is 1.10 bits per heavy atom. The molecule has 0 aliphatic rings. The Morgan fingerprint density at radius 2 is 1.85 bits per heavy atom. The van der Waals surface area contributed by atoms with Gasteiger partial charge in [-0.2, -0.15) is 0 Å². The molecule has 4 nitrogen and oxygen atoms in total. The standard InChI is InChI=1S/C15H14N2O2S/c16-14(18)12-6-1-2-7-13(12)19-9-10-4-3-5-11(8-10)15(17)20/h1-8H,9H2,(H2,16,18)(H2,17,20). The van der Waals surface area contributed by atoms with Crippen molar-refractivity contribution in [3.05, 3.63) is 65.2 Å². The summed E-state index contributed by atoms with van der Waals surface area (Å²) in [4.78, 5) is 11.6. The van der Waals surface area contributed by atoms with Gasteiger partial charge in [-0.25, -0.2) is 0 Å². The number of ether oxygens (including phenoxy) is 1. The summed E-state index contributed by atoms with van der Waals surface area (Å²) in [5, 5.41) is 0. The summed E-state index contributed by atoms with van der Waals surface area (Å²) in [5.74, 6) is -0.0572. The molecule has 0 saturated carbocycles. The van der Waals surface area contributed by atoms with E-state index in [9.17, 15) is 4.79 Å². The number of carbonyl (C=O) groups is 1. The smallest absolute Gasteiger partial charge is 0.252 e. The van der Waals surface area contributed by atoms with Crippen molar-refractivity contribution in [3.63, 3.8) is 0 Å². The van der Waals surface area contributed by atoms with Gasteiger partial charge in [0.1, 0.15) is 17.3 Å². The molecular formula is C15H14N2O2S. The Morgan fingerprint density at radius 3 is 2.55 bits per heavy atom. The summed E-state index contributed by atoms with van der Waals surface area (Å²) in [6.45, 7) is 0.306. The van der Waals surface area contributed by atoms with E-state index in [2.05, 4.69) is 0 Å². The zero-order valence-electron chi connectivity index (χ0n) is 10.7. The molecule has 1 amide bonds. The van der Waals surface area contributed by atoms with Crippen LogP contribution in [0.5, 0.6) is 5.75 Å². The Hall–Kier alpha value is -2.40. The van der Waals surface area contributed by atoms with E-state index in [0.29, 0.717) is 22.9 Å². The largest absolute Gasteiger partial charge is 0.488 e. The molecule has 2 rings (SSSR count). The van der Waals surface area contributed by atoms with Gasteiger partial charge < -0.3 is 16.2 Å². The quantitative estimate of drug-likeness (QED) is 0.824. The highest BCUT2D eigenvalue weighted by molar-refractivity contribution is 7.80. The fourth-order valence-corrected chi connectivity index (χ4v) is 1.90. The summed E-state index contributed by atoms with van der Waals surface area (Å²) < 4.78 is 5.63. The highest BCUT2D eigenvalue weighted by Gasteiger charge is 2.08. The lowest BCUT2D eigenvalue weighted by molar-refractivity contribution is 0.0996. The maximum absolute atomic E-state index is 11.3. The second-order valence-electron chi connectivity index (χ2n) is 4.21. The molecule has 20 heavy (non-hydrogen) atoms. The molecule has 0 aromatic heterocycles. The summed E-state index contributed by atoms with van der Waals surface area (Å²) in [6, 6.07) is 14.3. The van der Waals surface area contributed by atoms with E-state index in [4.69, 9.17) is 28.4 Å². The summed E-state index contributed by atoms with van der Waals surface area (Å²) in [6.07, 6.45) is 0. The highest BCUT2D eigenvalue weighted by Crippen LogP contribution is 2.19. The van der Waals surface area contributed by atoms with Crippen molar-refractivity contribution >= 4 is 23.1 Å². The number of thiocarbonyl (C=S) groups is 1. The van der Waals surface area contributed by atoms with Crippen LogP contribution in [0.15, 0.2) is 48.5 Å². The second-order valence-corrected chi connectivity index (χ2v) is 4.65. The lowest BCUT2D eigenvalue weighted by atomic mass is 10.1. The van der Waals surface area contributed by atoms with Gasteiger partial charge in [0.15, 0.2) is 0 Å². The van der Waals surface area contributed by atoms with Gasteiger partial charge in [0.25, 0.3) is 5.91 Å². The SMILES string of the molecule is NC(=O)c1ccccc1OCc1cccc(C(N)=S)c1. The van der Waals surface area contributed by atoms with Crippen LogP contribution in [0.25, 0.3) is 0 Å². The van der Waals surface area contributed by atoms with Crippen LogP contribution in [0.4, 0.5) is 0 Å². The average Bonchev–Trinajstić information content (AvgIpc) is 2.45. The van der Waals surface area contributed by atoms with Gasteiger partial charge in [0.05, 0.1) is 5.56 Å². The van der Waals surface area contributed by atoms with Gasteiger partial charge in [-0.05, 0) is 23.8 Å². The first-order valence-corrected chi connectivity index (χ1v) is 6.39. The van der Waals surface area contributed by atoms with Crippen LogP contribution in [0, 0.1) is 0 Å². The van der Waals surface area contributed by atoms with Crippen LogP contribution in [0.3, 0.4) is 0 Å². The first kappa shape index (κ1) is 14.0. The number of benzene rings is 2. The zero-order valence-corrected chi connectivity index (χ0v) is 11.5. The lowest BCUT2D eigenvalue weighted by Gasteiger charge is -2.10. The van der Waals surface area contributed by atoms with Gasteiger partial charge in [0.2, 0.25) is 0 Å². The molecule has 0 bridgehead atoms. The predicted molar refractivity (Wildman–Crippen MR) is 81.6 cm³/mol. The van der Waals surface area contributed by atoms with Crippen molar-refractivity contribution < 1.29 is 9.53 Å². The van der Waals surface area contributed by atoms with E-state index in [-0.39, 0.29) is 0 Å². The Labute approximate surface area is 122 Å². The number of hydrogen-bond donors (Lipinski definition) is 2. The van der Waals surface area contributed by atoms with E-state index < -0.39 is 5.91 Å².